The van der Waals surface area contributed by atoms with Crippen molar-refractivity contribution in [3.05, 3.63) is 29.8 Å². The molecule has 1 aromatic heterocycles. The van der Waals surface area contributed by atoms with Crippen LogP contribution in [0.15, 0.2) is 24.3 Å². The predicted molar refractivity (Wildman–Crippen MR) is 101 cm³/mol. The number of piperidine rings is 1. The van der Waals surface area contributed by atoms with Gasteiger partial charge in [-0.05, 0) is 55.7 Å². The van der Waals surface area contributed by atoms with Gasteiger partial charge in [0.15, 0.2) is 0 Å². The quantitative estimate of drug-likeness (QED) is 0.860. The van der Waals surface area contributed by atoms with Crippen molar-refractivity contribution in [2.24, 2.45) is 5.92 Å². The van der Waals surface area contributed by atoms with Crippen LogP contribution in [0.1, 0.15) is 45.1 Å². The van der Waals surface area contributed by atoms with Gasteiger partial charge in [-0.2, -0.15) is 4.68 Å². The molecule has 2 heterocycles. The van der Waals surface area contributed by atoms with Crippen LogP contribution in [0.2, 0.25) is 0 Å². The lowest BCUT2D eigenvalue weighted by Gasteiger charge is -2.32. The summed E-state index contributed by atoms with van der Waals surface area (Å²) in [4.78, 5) is 14.7. The van der Waals surface area contributed by atoms with Crippen molar-refractivity contribution >= 4 is 11.9 Å². The van der Waals surface area contributed by atoms with Crippen molar-refractivity contribution in [2.45, 2.75) is 52.5 Å². The molecule has 2 atom stereocenters. The highest BCUT2D eigenvalue weighted by Gasteiger charge is 2.29. The normalized spacial score (nSPS) is 18.6. The highest BCUT2D eigenvalue weighted by Crippen LogP contribution is 2.23. The number of benzene rings is 1. The average molecular weight is 356 g/mol. The lowest BCUT2D eigenvalue weighted by molar-refractivity contribution is -0.125. The first kappa shape index (κ1) is 18.4. The van der Waals surface area contributed by atoms with Crippen LogP contribution < -0.4 is 10.2 Å². The number of hydrogen-bond donors (Lipinski definition) is 1. The monoisotopic (exact) mass is 356 g/mol. The lowest BCUT2D eigenvalue weighted by Crippen LogP contribution is -2.46. The zero-order valence-electron chi connectivity index (χ0n) is 15.9. The third kappa shape index (κ3) is 4.20. The van der Waals surface area contributed by atoms with E-state index < -0.39 is 0 Å². The lowest BCUT2D eigenvalue weighted by atomic mass is 9.97. The van der Waals surface area contributed by atoms with Crippen LogP contribution in [-0.2, 0) is 4.79 Å². The summed E-state index contributed by atoms with van der Waals surface area (Å²) >= 11 is 0. The summed E-state index contributed by atoms with van der Waals surface area (Å²) in [5.41, 5.74) is 2.12. The van der Waals surface area contributed by atoms with E-state index in [1.54, 1.807) is 4.68 Å². The molecule has 0 radical (unpaired) electrons. The number of carbonyl (C=O) groups excluding carboxylic acids is 1. The topological polar surface area (TPSA) is 75.9 Å². The van der Waals surface area contributed by atoms with Gasteiger partial charge in [0.1, 0.15) is 0 Å². The van der Waals surface area contributed by atoms with Crippen LogP contribution in [0.5, 0.6) is 0 Å². The van der Waals surface area contributed by atoms with Crippen molar-refractivity contribution in [1.82, 2.24) is 25.5 Å². The number of nitrogens with zero attached hydrogens (tertiary/aromatic N) is 5. The molecule has 1 aliphatic rings. The summed E-state index contributed by atoms with van der Waals surface area (Å²) in [6.07, 6.45) is 3.95. The number of amides is 1. The molecule has 0 saturated carbocycles. The summed E-state index contributed by atoms with van der Waals surface area (Å²) in [6.45, 7) is 7.77. The highest BCUT2D eigenvalue weighted by molar-refractivity contribution is 5.79. The van der Waals surface area contributed by atoms with E-state index >= 15 is 0 Å². The summed E-state index contributed by atoms with van der Waals surface area (Å²) in [7, 11) is 0. The first-order chi connectivity index (χ1) is 12.6. The molecular weight excluding hydrogens is 328 g/mol. The summed E-state index contributed by atoms with van der Waals surface area (Å²) in [5.74, 6) is 0.823. The minimum Gasteiger partial charge on any atom is -0.353 e. The van der Waals surface area contributed by atoms with Gasteiger partial charge in [-0.3, -0.25) is 4.79 Å². The molecule has 1 N–H and O–H groups in total. The molecule has 26 heavy (non-hydrogen) atoms. The van der Waals surface area contributed by atoms with E-state index in [-0.39, 0.29) is 17.9 Å². The largest absolute Gasteiger partial charge is 0.353 e. The van der Waals surface area contributed by atoms with E-state index in [1.807, 2.05) is 24.3 Å². The molecule has 0 spiro atoms. The first-order valence-corrected chi connectivity index (χ1v) is 9.49. The molecule has 2 aromatic rings. The van der Waals surface area contributed by atoms with Crippen molar-refractivity contribution in [3.8, 4) is 5.69 Å². The SMILES string of the molecule is CCCC(C)NC(=O)C1CCCN(c2nnnn2-c2ccc(C)cc2)C1. The molecule has 3 rings (SSSR count). The molecule has 1 aromatic carbocycles. The predicted octanol–water partition coefficient (Wildman–Crippen LogP) is 2.49. The zero-order chi connectivity index (χ0) is 18.5. The Balaban J connectivity index is 1.71. The van der Waals surface area contributed by atoms with Gasteiger partial charge in [-0.25, -0.2) is 0 Å². The molecule has 7 heteroatoms. The summed E-state index contributed by atoms with van der Waals surface area (Å²) in [6, 6.07) is 8.33. The Bertz CT molecular complexity index is 726. The highest BCUT2D eigenvalue weighted by atomic mass is 16.2. The van der Waals surface area contributed by atoms with Crippen LogP contribution in [-0.4, -0.2) is 45.2 Å². The number of aromatic nitrogens is 4. The van der Waals surface area contributed by atoms with E-state index in [0.29, 0.717) is 12.5 Å². The van der Waals surface area contributed by atoms with Crippen LogP contribution in [0.4, 0.5) is 5.95 Å². The number of hydrogen-bond acceptors (Lipinski definition) is 5. The molecule has 1 aliphatic heterocycles. The Morgan fingerprint density at radius 1 is 1.35 bits per heavy atom. The summed E-state index contributed by atoms with van der Waals surface area (Å²) < 4.78 is 1.75. The van der Waals surface area contributed by atoms with Gasteiger partial charge in [0.25, 0.3) is 0 Å². The van der Waals surface area contributed by atoms with Crippen molar-refractivity contribution in [2.75, 3.05) is 18.0 Å². The van der Waals surface area contributed by atoms with Crippen molar-refractivity contribution < 1.29 is 4.79 Å². The zero-order valence-corrected chi connectivity index (χ0v) is 15.9. The molecule has 7 nitrogen and oxygen atoms in total. The molecule has 140 valence electrons. The standard InChI is InChI=1S/C19H28N6O/c1-4-6-15(3)20-18(26)16-7-5-12-24(13-16)19-21-22-23-25(19)17-10-8-14(2)9-11-17/h8-11,15-16H,4-7,12-13H2,1-3H3,(H,20,26). The van der Waals surface area contributed by atoms with Gasteiger partial charge in [-0.15, -0.1) is 0 Å². The fourth-order valence-electron chi connectivity index (χ4n) is 3.47. The molecule has 2 unspecified atom stereocenters. The van der Waals surface area contributed by atoms with Gasteiger partial charge >= 0.3 is 0 Å². The molecule has 1 amide bonds. The number of nitrogens with one attached hydrogen (secondary N) is 1. The number of tetrazole rings is 1. The first-order valence-electron chi connectivity index (χ1n) is 9.49. The molecule has 0 aliphatic carbocycles. The van der Waals surface area contributed by atoms with Gasteiger partial charge in [0.2, 0.25) is 11.9 Å². The molecule has 0 bridgehead atoms. The van der Waals surface area contributed by atoms with E-state index in [0.717, 1.165) is 37.9 Å². The number of rotatable bonds is 6. The maximum atomic E-state index is 12.6. The third-order valence-corrected chi connectivity index (χ3v) is 4.92. The molecule has 1 saturated heterocycles. The smallest absolute Gasteiger partial charge is 0.250 e. The second-order valence-corrected chi connectivity index (χ2v) is 7.21. The second kappa shape index (κ2) is 8.29. The van der Waals surface area contributed by atoms with Gasteiger partial charge in [0, 0.05) is 19.1 Å². The minimum absolute atomic E-state index is 0.0220. The average Bonchev–Trinajstić information content (AvgIpc) is 3.12. The van der Waals surface area contributed by atoms with E-state index in [2.05, 4.69) is 46.5 Å². The Morgan fingerprint density at radius 3 is 2.85 bits per heavy atom. The van der Waals surface area contributed by atoms with Crippen molar-refractivity contribution in [1.29, 1.82) is 0 Å². The maximum absolute atomic E-state index is 12.6. The fraction of sp³-hybridized carbons (Fsp3) is 0.579. The minimum atomic E-state index is -0.0220. The Labute approximate surface area is 154 Å². The van der Waals surface area contributed by atoms with Gasteiger partial charge < -0.3 is 10.2 Å². The van der Waals surface area contributed by atoms with Crippen LogP contribution in [0.3, 0.4) is 0 Å². The van der Waals surface area contributed by atoms with Gasteiger partial charge in [-0.1, -0.05) is 36.1 Å². The molecule has 1 fully saturated rings. The van der Waals surface area contributed by atoms with Crippen LogP contribution >= 0.6 is 0 Å². The third-order valence-electron chi connectivity index (χ3n) is 4.92. The van der Waals surface area contributed by atoms with Crippen LogP contribution in [0, 0.1) is 12.8 Å². The summed E-state index contributed by atoms with van der Waals surface area (Å²) in [5, 5.41) is 15.4. The van der Waals surface area contributed by atoms with E-state index in [4.69, 9.17) is 0 Å². The second-order valence-electron chi connectivity index (χ2n) is 7.21. The van der Waals surface area contributed by atoms with Crippen LogP contribution in [0.25, 0.3) is 5.69 Å². The maximum Gasteiger partial charge on any atom is 0.250 e. The van der Waals surface area contributed by atoms with Crippen molar-refractivity contribution in [3.63, 3.8) is 0 Å². The number of carbonyl (C=O) groups is 1. The Hall–Kier alpha value is -2.44. The molecular formula is C19H28N6O. The van der Waals surface area contributed by atoms with E-state index in [1.165, 1.54) is 5.56 Å². The number of aryl methyl sites for hydroxylation is 1. The van der Waals surface area contributed by atoms with Gasteiger partial charge in [0.05, 0.1) is 11.6 Å². The number of anilines is 1. The fourth-order valence-corrected chi connectivity index (χ4v) is 3.47. The Kier molecular flexibility index (Phi) is 5.85. The Morgan fingerprint density at radius 2 is 2.12 bits per heavy atom. The van der Waals surface area contributed by atoms with E-state index in [9.17, 15) is 4.79 Å².